The van der Waals surface area contributed by atoms with Crippen LogP contribution in [-0.4, -0.2) is 43.0 Å². The minimum absolute atomic E-state index is 0.204. The predicted octanol–water partition coefficient (Wildman–Crippen LogP) is 3.86. The van der Waals surface area contributed by atoms with E-state index < -0.39 is 10.5 Å². The van der Waals surface area contributed by atoms with E-state index in [0.29, 0.717) is 35.9 Å². The first-order valence-corrected chi connectivity index (χ1v) is 10.2. The second-order valence-electron chi connectivity index (χ2n) is 8.21. The zero-order valence-electron chi connectivity index (χ0n) is 16.7. The van der Waals surface area contributed by atoms with Crippen molar-refractivity contribution >= 4 is 17.4 Å². The van der Waals surface area contributed by atoms with Crippen LogP contribution >= 0.6 is 11.6 Å². The lowest BCUT2D eigenvalue weighted by Crippen LogP contribution is -2.46. The van der Waals surface area contributed by atoms with Crippen LogP contribution in [0.2, 0.25) is 5.02 Å². The summed E-state index contributed by atoms with van der Waals surface area (Å²) in [5.74, 6) is -0.551. The van der Waals surface area contributed by atoms with Crippen LogP contribution in [0.5, 0.6) is 6.01 Å². The molecule has 1 aromatic carbocycles. The average molecular weight is 444 g/mol. The van der Waals surface area contributed by atoms with Gasteiger partial charge in [-0.15, -0.1) is 0 Å². The van der Waals surface area contributed by atoms with E-state index in [4.69, 9.17) is 21.3 Å². The summed E-state index contributed by atoms with van der Waals surface area (Å²) in [5, 5.41) is 11.4. The van der Waals surface area contributed by atoms with E-state index >= 15 is 0 Å². The molecule has 0 radical (unpaired) electrons. The highest BCUT2D eigenvalue weighted by atomic mass is 35.5. The number of aromatic nitrogens is 3. The molecule has 2 aromatic heterocycles. The van der Waals surface area contributed by atoms with Crippen LogP contribution in [0.25, 0.3) is 11.3 Å². The van der Waals surface area contributed by atoms with Gasteiger partial charge in [0.2, 0.25) is 0 Å². The van der Waals surface area contributed by atoms with Gasteiger partial charge in [-0.3, -0.25) is 14.5 Å². The lowest BCUT2D eigenvalue weighted by Gasteiger charge is -2.34. The minimum Gasteiger partial charge on any atom is -0.436 e. The quantitative estimate of drug-likeness (QED) is 0.449. The average Bonchev–Trinajstić information content (AvgIpc) is 3.24. The highest BCUT2D eigenvalue weighted by Crippen LogP contribution is 2.33. The Balaban J connectivity index is 1.29. The van der Waals surface area contributed by atoms with E-state index in [1.54, 1.807) is 4.57 Å². The molecule has 0 unspecified atom stereocenters. The molecular formula is C21H19ClFN5O3. The highest BCUT2D eigenvalue weighted by molar-refractivity contribution is 6.33. The second-order valence-corrected chi connectivity index (χ2v) is 8.61. The summed E-state index contributed by atoms with van der Waals surface area (Å²) in [4.78, 5) is 21.3. The molecule has 0 saturated heterocycles. The number of rotatable bonds is 4. The maximum absolute atomic E-state index is 13.6. The van der Waals surface area contributed by atoms with Gasteiger partial charge in [-0.25, -0.2) is 4.39 Å². The topological polar surface area (TPSA) is 86.3 Å². The Kier molecular flexibility index (Phi) is 4.67. The Morgan fingerprint density at radius 2 is 2.16 bits per heavy atom. The molecule has 2 aliphatic rings. The van der Waals surface area contributed by atoms with Crippen molar-refractivity contribution in [2.24, 2.45) is 0 Å². The van der Waals surface area contributed by atoms with Crippen molar-refractivity contribution in [1.82, 2.24) is 19.4 Å². The SMILES string of the molecule is C[C@]1(CN2CCc3nc(-c4cc(F)ccc4Cl)ccc3C2)Cn2cc([N+](=O)[O-])nc2O1. The predicted molar refractivity (Wildman–Crippen MR) is 112 cm³/mol. The van der Waals surface area contributed by atoms with Gasteiger partial charge >= 0.3 is 11.8 Å². The van der Waals surface area contributed by atoms with Crippen LogP contribution in [0.1, 0.15) is 18.2 Å². The van der Waals surface area contributed by atoms with E-state index in [0.717, 1.165) is 24.2 Å². The number of ether oxygens (including phenoxy) is 1. The van der Waals surface area contributed by atoms with Gasteiger partial charge in [0.1, 0.15) is 17.6 Å². The number of imidazole rings is 1. The van der Waals surface area contributed by atoms with Crippen molar-refractivity contribution in [2.45, 2.75) is 32.0 Å². The van der Waals surface area contributed by atoms with E-state index in [1.807, 2.05) is 19.1 Å². The third-order valence-corrected chi connectivity index (χ3v) is 5.98. The third-order valence-electron chi connectivity index (χ3n) is 5.65. The molecule has 5 rings (SSSR count). The molecule has 3 aromatic rings. The number of pyridine rings is 1. The van der Waals surface area contributed by atoms with Gasteiger partial charge in [0.25, 0.3) is 0 Å². The largest absolute Gasteiger partial charge is 0.436 e. The van der Waals surface area contributed by atoms with Crippen molar-refractivity contribution in [3.05, 3.63) is 68.7 Å². The fourth-order valence-electron chi connectivity index (χ4n) is 4.29. The van der Waals surface area contributed by atoms with Gasteiger partial charge in [-0.1, -0.05) is 17.7 Å². The second kappa shape index (κ2) is 7.28. The molecule has 0 fully saturated rings. The van der Waals surface area contributed by atoms with Crippen LogP contribution < -0.4 is 4.74 Å². The number of halogens is 2. The first kappa shape index (κ1) is 19.9. The molecule has 0 saturated carbocycles. The lowest BCUT2D eigenvalue weighted by molar-refractivity contribution is -0.389. The van der Waals surface area contributed by atoms with Gasteiger partial charge in [0.15, 0.2) is 0 Å². The molecule has 0 N–H and O–H groups in total. The van der Waals surface area contributed by atoms with Gasteiger partial charge in [0.05, 0.1) is 17.3 Å². The fraction of sp³-hybridized carbons (Fsp3) is 0.333. The molecule has 2 aliphatic heterocycles. The van der Waals surface area contributed by atoms with E-state index in [9.17, 15) is 14.5 Å². The molecule has 10 heteroatoms. The van der Waals surface area contributed by atoms with Crippen molar-refractivity contribution in [1.29, 1.82) is 0 Å². The van der Waals surface area contributed by atoms with E-state index in [-0.39, 0.29) is 17.6 Å². The molecule has 0 amide bonds. The van der Waals surface area contributed by atoms with Crippen molar-refractivity contribution < 1.29 is 14.1 Å². The molecule has 0 bridgehead atoms. The summed E-state index contributed by atoms with van der Waals surface area (Å²) in [7, 11) is 0. The zero-order valence-corrected chi connectivity index (χ0v) is 17.5. The van der Waals surface area contributed by atoms with Crippen LogP contribution in [-0.2, 0) is 19.5 Å². The number of fused-ring (bicyclic) bond motifs is 2. The van der Waals surface area contributed by atoms with E-state index in [1.165, 1.54) is 24.4 Å². The molecule has 4 heterocycles. The minimum atomic E-state index is -0.522. The Labute approximate surface area is 182 Å². The summed E-state index contributed by atoms with van der Waals surface area (Å²) in [6.45, 7) is 4.64. The molecule has 1 atom stereocenters. The van der Waals surface area contributed by atoms with Crippen molar-refractivity contribution in [2.75, 3.05) is 13.1 Å². The molecule has 0 aliphatic carbocycles. The van der Waals surface area contributed by atoms with Gasteiger partial charge in [-0.2, -0.15) is 0 Å². The Bertz CT molecular complexity index is 1170. The summed E-state index contributed by atoms with van der Waals surface area (Å²) in [6, 6.07) is 8.43. The standard InChI is InChI=1S/C21H19ClFN5O3/c1-21(12-27-10-19(28(29)30)25-20(27)31-21)11-26-7-6-17-13(9-26)2-5-18(24-17)15-8-14(23)3-4-16(15)22/h2-5,8,10H,6-7,9,11-12H2,1H3/t21-/m0/s1. The van der Waals surface area contributed by atoms with E-state index in [2.05, 4.69) is 9.88 Å². The molecule has 8 nitrogen and oxygen atoms in total. The monoisotopic (exact) mass is 443 g/mol. The Morgan fingerprint density at radius 1 is 1.32 bits per heavy atom. The van der Waals surface area contributed by atoms with Crippen molar-refractivity contribution in [3.63, 3.8) is 0 Å². The highest BCUT2D eigenvalue weighted by Gasteiger charge is 2.41. The first-order chi connectivity index (χ1) is 14.8. The van der Waals surface area contributed by atoms with Gasteiger partial charge in [0, 0.05) is 42.3 Å². The summed E-state index contributed by atoms with van der Waals surface area (Å²) < 4.78 is 21.3. The Hall–Kier alpha value is -3.04. The molecular weight excluding hydrogens is 425 g/mol. The number of nitro groups is 1. The normalized spacial score (nSPS) is 20.2. The van der Waals surface area contributed by atoms with Crippen LogP contribution in [0.15, 0.2) is 36.5 Å². The number of benzene rings is 1. The molecule has 31 heavy (non-hydrogen) atoms. The number of hydrogen-bond acceptors (Lipinski definition) is 6. The third kappa shape index (κ3) is 3.75. The first-order valence-electron chi connectivity index (χ1n) is 9.87. The van der Waals surface area contributed by atoms with Crippen LogP contribution in [0.4, 0.5) is 10.2 Å². The molecule has 0 spiro atoms. The zero-order chi connectivity index (χ0) is 21.8. The van der Waals surface area contributed by atoms with Crippen molar-refractivity contribution in [3.8, 4) is 17.3 Å². The fourth-order valence-corrected chi connectivity index (χ4v) is 4.50. The van der Waals surface area contributed by atoms with Gasteiger partial charge < -0.3 is 14.9 Å². The van der Waals surface area contributed by atoms with Crippen LogP contribution in [0.3, 0.4) is 0 Å². The maximum Gasteiger partial charge on any atom is 0.415 e. The van der Waals surface area contributed by atoms with Crippen LogP contribution in [0, 0.1) is 15.9 Å². The number of nitrogens with zero attached hydrogens (tertiary/aromatic N) is 5. The summed E-state index contributed by atoms with van der Waals surface area (Å²) in [6.07, 6.45) is 2.16. The maximum atomic E-state index is 13.6. The Morgan fingerprint density at radius 3 is 2.94 bits per heavy atom. The summed E-state index contributed by atoms with van der Waals surface area (Å²) in [5.41, 5.74) is 2.82. The van der Waals surface area contributed by atoms with Gasteiger partial charge in [-0.05, 0) is 41.7 Å². The molecule has 160 valence electrons. The number of hydrogen-bond donors (Lipinski definition) is 0. The lowest BCUT2D eigenvalue weighted by atomic mass is 10.0. The smallest absolute Gasteiger partial charge is 0.415 e. The summed E-state index contributed by atoms with van der Waals surface area (Å²) >= 11 is 6.23.